The molecule has 1 fully saturated rings. The molecule has 6 nitrogen and oxygen atoms in total. The van der Waals surface area contributed by atoms with Crippen LogP contribution < -0.4 is 10.7 Å². The van der Waals surface area contributed by atoms with Crippen LogP contribution in [0.5, 0.6) is 0 Å². The van der Waals surface area contributed by atoms with Gasteiger partial charge in [-0.05, 0) is 13.0 Å². The molecule has 0 saturated carbocycles. The van der Waals surface area contributed by atoms with Crippen molar-refractivity contribution in [3.05, 3.63) is 0 Å². The van der Waals surface area contributed by atoms with Crippen LogP contribution in [-0.2, 0) is 9.59 Å². The van der Waals surface area contributed by atoms with Crippen LogP contribution in [0.15, 0.2) is 5.10 Å². The average Bonchev–Trinajstić information content (AvgIpc) is 2.81. The number of nitrogens with zero attached hydrogens (tertiary/aromatic N) is 2. The second-order valence-electron chi connectivity index (χ2n) is 4.16. The van der Waals surface area contributed by atoms with Gasteiger partial charge in [-0.1, -0.05) is 0 Å². The van der Waals surface area contributed by atoms with Crippen LogP contribution in [-0.4, -0.2) is 48.6 Å². The molecule has 2 heterocycles. The summed E-state index contributed by atoms with van der Waals surface area (Å²) in [4.78, 5) is 24.6. The van der Waals surface area contributed by atoms with Gasteiger partial charge < -0.3 is 10.2 Å². The molecule has 0 bridgehead atoms. The minimum Gasteiger partial charge on any atom is -0.336 e. The van der Waals surface area contributed by atoms with Gasteiger partial charge in [0.25, 0.3) is 5.91 Å². The van der Waals surface area contributed by atoms with E-state index in [9.17, 15) is 9.59 Å². The van der Waals surface area contributed by atoms with Crippen molar-refractivity contribution >= 4 is 17.5 Å². The van der Waals surface area contributed by atoms with E-state index >= 15 is 0 Å². The van der Waals surface area contributed by atoms with Gasteiger partial charge in [-0.25, -0.2) is 5.43 Å². The summed E-state index contributed by atoms with van der Waals surface area (Å²) in [5.41, 5.74) is 2.80. The summed E-state index contributed by atoms with van der Waals surface area (Å²) in [5.74, 6) is -0.199. The van der Waals surface area contributed by atoms with Crippen molar-refractivity contribution in [2.75, 3.05) is 20.1 Å². The first kappa shape index (κ1) is 11.1. The Morgan fingerprint density at radius 1 is 1.50 bits per heavy atom. The Kier molecular flexibility index (Phi) is 3.19. The number of likely N-dealkylation sites (N-methyl/N-ethyl adjacent to an activating group) is 1. The Hall–Kier alpha value is -1.43. The molecule has 2 aliphatic rings. The number of hydrogen-bond donors (Lipinski definition) is 2. The lowest BCUT2D eigenvalue weighted by Gasteiger charge is -2.25. The van der Waals surface area contributed by atoms with Gasteiger partial charge >= 0.3 is 0 Å². The zero-order chi connectivity index (χ0) is 11.5. The summed E-state index contributed by atoms with van der Waals surface area (Å²) in [5, 5.41) is 7.02. The van der Waals surface area contributed by atoms with Crippen LogP contribution in [0.1, 0.15) is 19.3 Å². The van der Waals surface area contributed by atoms with E-state index in [1.807, 2.05) is 0 Å². The number of amides is 2. The molecule has 1 atom stereocenters. The zero-order valence-corrected chi connectivity index (χ0v) is 9.32. The van der Waals surface area contributed by atoms with E-state index in [4.69, 9.17) is 0 Å². The van der Waals surface area contributed by atoms with Crippen LogP contribution >= 0.6 is 0 Å². The Labute approximate surface area is 94.1 Å². The van der Waals surface area contributed by atoms with E-state index in [1.54, 1.807) is 11.9 Å². The largest absolute Gasteiger partial charge is 0.336 e. The lowest BCUT2D eigenvalue weighted by Crippen LogP contribution is -2.44. The maximum Gasteiger partial charge on any atom is 0.270 e. The maximum atomic E-state index is 12.0. The number of carbonyl (C=O) groups is 2. The minimum atomic E-state index is -0.123. The molecule has 1 unspecified atom stereocenters. The standard InChI is InChI=1S/C10H16N4O2/c1-14(7-4-5-11-6-7)10(16)8-2-3-9(15)13-12-8/h7,11H,2-6H2,1H3,(H,13,15). The number of rotatable bonds is 2. The minimum absolute atomic E-state index is 0.0753. The summed E-state index contributed by atoms with van der Waals surface area (Å²) in [7, 11) is 1.79. The van der Waals surface area contributed by atoms with Crippen molar-refractivity contribution in [3.63, 3.8) is 0 Å². The third-order valence-corrected chi connectivity index (χ3v) is 3.05. The average molecular weight is 224 g/mol. The number of nitrogens with one attached hydrogen (secondary N) is 2. The van der Waals surface area contributed by atoms with Crippen LogP contribution in [0.25, 0.3) is 0 Å². The summed E-state index contributed by atoms with van der Waals surface area (Å²) >= 11 is 0. The highest BCUT2D eigenvalue weighted by Gasteiger charge is 2.27. The van der Waals surface area contributed by atoms with Gasteiger partial charge in [-0.2, -0.15) is 5.10 Å². The molecule has 0 aliphatic carbocycles. The molecule has 0 aromatic rings. The smallest absolute Gasteiger partial charge is 0.270 e. The van der Waals surface area contributed by atoms with Crippen molar-refractivity contribution in [2.45, 2.75) is 25.3 Å². The van der Waals surface area contributed by atoms with Crippen molar-refractivity contribution in [2.24, 2.45) is 5.10 Å². The third-order valence-electron chi connectivity index (χ3n) is 3.05. The normalized spacial score (nSPS) is 24.9. The number of hydrogen-bond acceptors (Lipinski definition) is 4. The van der Waals surface area contributed by atoms with E-state index in [2.05, 4.69) is 15.8 Å². The van der Waals surface area contributed by atoms with Crippen LogP contribution in [0.4, 0.5) is 0 Å². The molecule has 0 spiro atoms. The van der Waals surface area contributed by atoms with Gasteiger partial charge in [0.2, 0.25) is 5.91 Å². The Bertz CT molecular complexity index is 334. The molecule has 16 heavy (non-hydrogen) atoms. The molecule has 2 aliphatic heterocycles. The summed E-state index contributed by atoms with van der Waals surface area (Å²) in [6.07, 6.45) is 1.76. The molecule has 1 saturated heterocycles. The highest BCUT2D eigenvalue weighted by atomic mass is 16.2. The molecule has 0 aromatic carbocycles. The van der Waals surface area contributed by atoms with Gasteiger partial charge in [0, 0.05) is 32.5 Å². The second kappa shape index (κ2) is 4.61. The van der Waals surface area contributed by atoms with Gasteiger partial charge in [0.05, 0.1) is 0 Å². The zero-order valence-electron chi connectivity index (χ0n) is 9.32. The summed E-state index contributed by atoms with van der Waals surface area (Å²) in [6.45, 7) is 1.79. The monoisotopic (exact) mass is 224 g/mol. The predicted molar refractivity (Wildman–Crippen MR) is 58.9 cm³/mol. The Morgan fingerprint density at radius 2 is 2.31 bits per heavy atom. The van der Waals surface area contributed by atoms with E-state index < -0.39 is 0 Å². The summed E-state index contributed by atoms with van der Waals surface area (Å²) < 4.78 is 0. The molecule has 2 N–H and O–H groups in total. The van der Waals surface area contributed by atoms with Crippen molar-refractivity contribution in [1.29, 1.82) is 0 Å². The quantitative estimate of drug-likeness (QED) is 0.636. The molecule has 0 aromatic heterocycles. The lowest BCUT2D eigenvalue weighted by atomic mass is 10.1. The van der Waals surface area contributed by atoms with Crippen LogP contribution in [0.2, 0.25) is 0 Å². The van der Waals surface area contributed by atoms with Crippen molar-refractivity contribution in [3.8, 4) is 0 Å². The molecule has 0 radical (unpaired) electrons. The van der Waals surface area contributed by atoms with Crippen molar-refractivity contribution < 1.29 is 9.59 Å². The lowest BCUT2D eigenvalue weighted by molar-refractivity contribution is -0.125. The van der Waals surface area contributed by atoms with Crippen molar-refractivity contribution in [1.82, 2.24) is 15.6 Å². The highest BCUT2D eigenvalue weighted by molar-refractivity contribution is 6.39. The fraction of sp³-hybridized carbons (Fsp3) is 0.700. The highest BCUT2D eigenvalue weighted by Crippen LogP contribution is 2.09. The van der Waals surface area contributed by atoms with Crippen LogP contribution in [0.3, 0.4) is 0 Å². The fourth-order valence-corrected chi connectivity index (χ4v) is 1.97. The van der Waals surface area contributed by atoms with Crippen LogP contribution in [0, 0.1) is 0 Å². The van der Waals surface area contributed by atoms with Gasteiger partial charge in [0.15, 0.2) is 0 Å². The topological polar surface area (TPSA) is 73.8 Å². The Balaban J connectivity index is 1.98. The first-order valence-electron chi connectivity index (χ1n) is 5.52. The van der Waals surface area contributed by atoms with E-state index in [-0.39, 0.29) is 17.9 Å². The predicted octanol–water partition coefficient (Wildman–Crippen LogP) is -0.927. The molecule has 2 amide bonds. The molecule has 2 rings (SSSR count). The van der Waals surface area contributed by atoms with E-state index in [0.29, 0.717) is 18.6 Å². The SMILES string of the molecule is CN(C(=O)C1=NNC(=O)CC1)C1CCNC1. The third kappa shape index (κ3) is 2.21. The number of carbonyl (C=O) groups excluding carboxylic acids is 2. The first-order chi connectivity index (χ1) is 7.68. The maximum absolute atomic E-state index is 12.0. The molecule has 88 valence electrons. The molecule has 6 heteroatoms. The molecular formula is C10H16N4O2. The van der Waals surface area contributed by atoms with Gasteiger partial charge in [-0.3, -0.25) is 9.59 Å². The van der Waals surface area contributed by atoms with Gasteiger partial charge in [-0.15, -0.1) is 0 Å². The summed E-state index contributed by atoms with van der Waals surface area (Å²) in [6, 6.07) is 0.243. The molecular weight excluding hydrogens is 208 g/mol. The Morgan fingerprint density at radius 3 is 2.88 bits per heavy atom. The van der Waals surface area contributed by atoms with Gasteiger partial charge in [0.1, 0.15) is 5.71 Å². The fourth-order valence-electron chi connectivity index (χ4n) is 1.97. The number of hydrazone groups is 1. The first-order valence-corrected chi connectivity index (χ1v) is 5.52. The van der Waals surface area contributed by atoms with E-state index in [0.717, 1.165) is 19.5 Å². The second-order valence-corrected chi connectivity index (χ2v) is 4.16. The van der Waals surface area contributed by atoms with E-state index in [1.165, 1.54) is 0 Å².